The average molecular weight is 260 g/mol. The summed E-state index contributed by atoms with van der Waals surface area (Å²) in [5.74, 6) is 0. The van der Waals surface area contributed by atoms with E-state index in [9.17, 15) is 0 Å². The highest BCUT2D eigenvalue weighted by molar-refractivity contribution is 9.11. The molecule has 2 rings (SSSR count). The van der Waals surface area contributed by atoms with Gasteiger partial charge < -0.3 is 4.90 Å². The van der Waals surface area contributed by atoms with E-state index >= 15 is 0 Å². The van der Waals surface area contributed by atoms with Crippen molar-refractivity contribution in [1.82, 2.24) is 10.2 Å². The topological polar surface area (TPSA) is 29.0 Å². The molecule has 0 atom stereocenters. The average Bonchev–Trinajstić information content (AvgIpc) is 2.52. The first-order valence-corrected chi connectivity index (χ1v) is 5.76. The van der Waals surface area contributed by atoms with Crippen LogP contribution in [0.4, 0.5) is 5.13 Å². The predicted octanol–water partition coefficient (Wildman–Crippen LogP) is 2.34. The van der Waals surface area contributed by atoms with Crippen LogP contribution in [0.1, 0.15) is 11.4 Å². The Bertz CT molecular complexity index is 334. The zero-order valence-corrected chi connectivity index (χ0v) is 9.73. The van der Waals surface area contributed by atoms with Crippen LogP contribution in [0.15, 0.2) is 10.6 Å². The van der Waals surface area contributed by atoms with Crippen LogP contribution in [0.5, 0.6) is 0 Å². The molecule has 13 heavy (non-hydrogen) atoms. The minimum atomic E-state index is 0.925. The highest BCUT2D eigenvalue weighted by Crippen LogP contribution is 2.24. The maximum absolute atomic E-state index is 4.12. The van der Waals surface area contributed by atoms with Crippen molar-refractivity contribution in [3.8, 4) is 0 Å². The SMILES string of the molecule is Cc1nnc(N2CCC=C(Br)C2)s1. The Hall–Kier alpha value is -0.420. The first kappa shape index (κ1) is 9.15. The minimum Gasteiger partial charge on any atom is -0.342 e. The van der Waals surface area contributed by atoms with Crippen molar-refractivity contribution in [2.45, 2.75) is 13.3 Å². The second-order valence-corrected chi connectivity index (χ2v) is 5.14. The molecule has 2 heterocycles. The van der Waals surface area contributed by atoms with Gasteiger partial charge in [-0.1, -0.05) is 33.3 Å². The van der Waals surface area contributed by atoms with Crippen LogP contribution in [-0.4, -0.2) is 23.3 Å². The van der Waals surface area contributed by atoms with Gasteiger partial charge in [0, 0.05) is 11.0 Å². The van der Waals surface area contributed by atoms with Crippen molar-refractivity contribution in [3.63, 3.8) is 0 Å². The minimum absolute atomic E-state index is 0.925. The zero-order valence-electron chi connectivity index (χ0n) is 7.33. The molecule has 0 saturated heterocycles. The summed E-state index contributed by atoms with van der Waals surface area (Å²) >= 11 is 5.16. The number of aryl methyl sites for hydroxylation is 1. The van der Waals surface area contributed by atoms with Crippen LogP contribution in [0.3, 0.4) is 0 Å². The fourth-order valence-electron chi connectivity index (χ4n) is 1.28. The van der Waals surface area contributed by atoms with Gasteiger partial charge in [-0.05, 0) is 13.3 Å². The Balaban J connectivity index is 2.14. The van der Waals surface area contributed by atoms with Crippen LogP contribution in [0.2, 0.25) is 0 Å². The lowest BCUT2D eigenvalue weighted by Gasteiger charge is -2.23. The van der Waals surface area contributed by atoms with Crippen molar-refractivity contribution < 1.29 is 0 Å². The Labute approximate surface area is 89.6 Å². The lowest BCUT2D eigenvalue weighted by atomic mass is 10.3. The molecule has 0 spiro atoms. The van der Waals surface area contributed by atoms with Gasteiger partial charge in [0.15, 0.2) is 0 Å². The molecular weight excluding hydrogens is 250 g/mol. The summed E-state index contributed by atoms with van der Waals surface area (Å²) in [6.07, 6.45) is 3.30. The number of anilines is 1. The molecule has 1 aliphatic rings. The van der Waals surface area contributed by atoms with Gasteiger partial charge in [-0.3, -0.25) is 0 Å². The number of rotatable bonds is 1. The molecule has 70 valence electrons. The number of nitrogens with zero attached hydrogens (tertiary/aromatic N) is 3. The Morgan fingerprint density at radius 3 is 3.00 bits per heavy atom. The summed E-state index contributed by atoms with van der Waals surface area (Å²) in [5, 5.41) is 10.2. The maximum atomic E-state index is 4.12. The van der Waals surface area contributed by atoms with Crippen molar-refractivity contribution in [2.24, 2.45) is 0 Å². The summed E-state index contributed by atoms with van der Waals surface area (Å²) in [6, 6.07) is 0. The first-order valence-electron chi connectivity index (χ1n) is 4.15. The zero-order chi connectivity index (χ0) is 9.26. The van der Waals surface area contributed by atoms with Crippen molar-refractivity contribution in [2.75, 3.05) is 18.0 Å². The molecule has 0 unspecified atom stereocenters. The quantitative estimate of drug-likeness (QED) is 0.776. The molecule has 0 radical (unpaired) electrons. The molecule has 0 N–H and O–H groups in total. The van der Waals surface area contributed by atoms with Gasteiger partial charge >= 0.3 is 0 Å². The number of hydrogen-bond donors (Lipinski definition) is 0. The van der Waals surface area contributed by atoms with Crippen LogP contribution >= 0.6 is 27.3 Å². The molecule has 5 heteroatoms. The van der Waals surface area contributed by atoms with Crippen LogP contribution in [0.25, 0.3) is 0 Å². The molecule has 0 aliphatic carbocycles. The second-order valence-electron chi connectivity index (χ2n) is 2.96. The smallest absolute Gasteiger partial charge is 0.208 e. The number of halogens is 1. The van der Waals surface area contributed by atoms with Gasteiger partial charge in [0.2, 0.25) is 5.13 Å². The maximum Gasteiger partial charge on any atom is 0.208 e. The van der Waals surface area contributed by atoms with Crippen molar-refractivity contribution in [3.05, 3.63) is 15.6 Å². The van der Waals surface area contributed by atoms with Gasteiger partial charge in [0.1, 0.15) is 5.01 Å². The van der Waals surface area contributed by atoms with Crippen LogP contribution in [0, 0.1) is 6.92 Å². The van der Waals surface area contributed by atoms with E-state index in [-0.39, 0.29) is 0 Å². The van der Waals surface area contributed by atoms with E-state index in [1.54, 1.807) is 11.3 Å². The summed E-state index contributed by atoms with van der Waals surface area (Å²) < 4.78 is 1.24. The van der Waals surface area contributed by atoms with E-state index < -0.39 is 0 Å². The normalized spacial score (nSPS) is 17.4. The fraction of sp³-hybridized carbons (Fsp3) is 0.500. The third kappa shape index (κ3) is 2.08. The highest BCUT2D eigenvalue weighted by Gasteiger charge is 2.14. The second kappa shape index (κ2) is 3.75. The molecule has 0 aromatic carbocycles. The summed E-state index contributed by atoms with van der Waals surface area (Å²) in [6.45, 7) is 3.95. The van der Waals surface area contributed by atoms with E-state index in [4.69, 9.17) is 0 Å². The van der Waals surface area contributed by atoms with E-state index in [0.717, 1.165) is 29.6 Å². The third-order valence-corrected chi connectivity index (χ3v) is 3.37. The summed E-state index contributed by atoms with van der Waals surface area (Å²) in [4.78, 5) is 2.24. The monoisotopic (exact) mass is 259 g/mol. The van der Waals surface area contributed by atoms with Gasteiger partial charge in [-0.25, -0.2) is 0 Å². The molecule has 0 saturated carbocycles. The lowest BCUT2D eigenvalue weighted by molar-refractivity contribution is 0.801. The standard InChI is InChI=1S/C8H10BrN3S/c1-6-10-11-8(13-6)12-4-2-3-7(9)5-12/h3H,2,4-5H2,1H3. The molecule has 1 aromatic heterocycles. The number of hydrogen-bond acceptors (Lipinski definition) is 4. The van der Waals surface area contributed by atoms with Gasteiger partial charge in [0.25, 0.3) is 0 Å². The predicted molar refractivity (Wildman–Crippen MR) is 58.5 cm³/mol. The summed E-state index contributed by atoms with van der Waals surface area (Å²) in [7, 11) is 0. The number of aromatic nitrogens is 2. The molecule has 3 nitrogen and oxygen atoms in total. The van der Waals surface area contributed by atoms with E-state index in [1.807, 2.05) is 6.92 Å². The van der Waals surface area contributed by atoms with Crippen molar-refractivity contribution >= 4 is 32.4 Å². The van der Waals surface area contributed by atoms with E-state index in [0.29, 0.717) is 0 Å². The molecule has 0 amide bonds. The van der Waals surface area contributed by atoms with Gasteiger partial charge in [0.05, 0.1) is 6.54 Å². The van der Waals surface area contributed by atoms with Crippen molar-refractivity contribution in [1.29, 1.82) is 0 Å². The largest absolute Gasteiger partial charge is 0.342 e. The molecule has 1 aliphatic heterocycles. The molecular formula is C8H10BrN3S. The molecule has 0 bridgehead atoms. The Morgan fingerprint density at radius 1 is 1.54 bits per heavy atom. The van der Waals surface area contributed by atoms with Gasteiger partial charge in [-0.15, -0.1) is 10.2 Å². The van der Waals surface area contributed by atoms with E-state index in [1.165, 1.54) is 4.48 Å². The van der Waals surface area contributed by atoms with E-state index in [2.05, 4.69) is 37.1 Å². The Morgan fingerprint density at radius 2 is 2.38 bits per heavy atom. The fourth-order valence-corrected chi connectivity index (χ4v) is 2.52. The molecule has 1 aromatic rings. The van der Waals surface area contributed by atoms with Gasteiger partial charge in [-0.2, -0.15) is 0 Å². The van der Waals surface area contributed by atoms with Crippen LogP contribution < -0.4 is 4.90 Å². The summed E-state index contributed by atoms with van der Waals surface area (Å²) in [5.41, 5.74) is 0. The Kier molecular flexibility index (Phi) is 2.64. The highest BCUT2D eigenvalue weighted by atomic mass is 79.9. The first-order chi connectivity index (χ1) is 6.25. The molecule has 0 fully saturated rings. The van der Waals surface area contributed by atoms with Crippen LogP contribution in [-0.2, 0) is 0 Å². The third-order valence-electron chi connectivity index (χ3n) is 1.89. The lowest BCUT2D eigenvalue weighted by Crippen LogP contribution is -2.28.